The number of hydrogen-bond donors (Lipinski definition) is 3. The van der Waals surface area contributed by atoms with Crippen LogP contribution in [0.15, 0.2) is 5.16 Å². The highest BCUT2D eigenvalue weighted by Gasteiger charge is 2.25. The molecule has 19 heavy (non-hydrogen) atoms. The van der Waals surface area contributed by atoms with Crippen molar-refractivity contribution in [1.29, 1.82) is 0 Å². The van der Waals surface area contributed by atoms with Crippen LogP contribution in [0.25, 0.3) is 0 Å². The Balaban J connectivity index is 2.21. The van der Waals surface area contributed by atoms with Gasteiger partial charge in [0.2, 0.25) is 0 Å². The van der Waals surface area contributed by atoms with Crippen molar-refractivity contribution in [2.75, 3.05) is 6.54 Å². The second-order valence-corrected chi connectivity index (χ2v) is 6.89. The normalized spacial score (nSPS) is 29.5. The van der Waals surface area contributed by atoms with E-state index in [1.54, 1.807) is 0 Å². The lowest BCUT2D eigenvalue weighted by atomic mass is 9.79. The molecule has 4 N–H and O–H groups in total. The topological polar surface area (TPSA) is 70.6 Å². The van der Waals surface area contributed by atoms with E-state index in [-0.39, 0.29) is 5.41 Å². The van der Waals surface area contributed by atoms with Crippen LogP contribution in [-0.4, -0.2) is 23.6 Å². The number of hydrogen-bond acceptors (Lipinski definition) is 3. The first-order valence-electron chi connectivity index (χ1n) is 7.58. The smallest absolute Gasteiger partial charge is 0.144 e. The van der Waals surface area contributed by atoms with Crippen molar-refractivity contribution in [3.05, 3.63) is 0 Å². The summed E-state index contributed by atoms with van der Waals surface area (Å²) in [6, 6.07) is 0.679. The minimum Gasteiger partial charge on any atom is -0.409 e. The number of amidine groups is 1. The Morgan fingerprint density at radius 3 is 2.58 bits per heavy atom. The molecule has 0 aromatic carbocycles. The van der Waals surface area contributed by atoms with E-state index in [2.05, 4.69) is 24.3 Å². The Bertz CT molecular complexity index is 302. The third-order valence-corrected chi connectivity index (χ3v) is 4.81. The fourth-order valence-electron chi connectivity index (χ4n) is 2.83. The summed E-state index contributed by atoms with van der Waals surface area (Å²) in [5.74, 6) is 2.03. The van der Waals surface area contributed by atoms with Crippen LogP contribution in [0.3, 0.4) is 0 Å². The van der Waals surface area contributed by atoms with Crippen LogP contribution in [-0.2, 0) is 0 Å². The first-order valence-corrected chi connectivity index (χ1v) is 7.58. The van der Waals surface area contributed by atoms with Gasteiger partial charge >= 0.3 is 0 Å². The minimum atomic E-state index is -0.217. The van der Waals surface area contributed by atoms with Crippen molar-refractivity contribution in [3.8, 4) is 0 Å². The minimum absolute atomic E-state index is 0.217. The zero-order valence-corrected chi connectivity index (χ0v) is 12.9. The molecule has 0 radical (unpaired) electrons. The summed E-state index contributed by atoms with van der Waals surface area (Å²) in [5.41, 5.74) is 5.47. The molecule has 4 nitrogen and oxygen atoms in total. The average Bonchev–Trinajstić information content (AvgIpc) is 2.37. The number of nitrogens with zero attached hydrogens (tertiary/aromatic N) is 1. The summed E-state index contributed by atoms with van der Waals surface area (Å²) >= 11 is 0. The van der Waals surface area contributed by atoms with Gasteiger partial charge in [-0.1, -0.05) is 32.9 Å². The second kappa shape index (κ2) is 7.13. The Labute approximate surface area is 117 Å². The van der Waals surface area contributed by atoms with Crippen LogP contribution in [0.5, 0.6) is 0 Å². The van der Waals surface area contributed by atoms with E-state index in [0.717, 1.165) is 31.2 Å². The third kappa shape index (κ3) is 5.01. The standard InChI is InChI=1S/C15H31N3O/c1-11-6-7-13(10-12(11)2)17-9-5-8-15(3,4)14(16)18-19/h11-13,17,19H,5-10H2,1-4H3,(H2,16,18). The molecule has 0 bridgehead atoms. The van der Waals surface area contributed by atoms with Crippen LogP contribution in [0, 0.1) is 17.3 Å². The second-order valence-electron chi connectivity index (χ2n) is 6.89. The van der Waals surface area contributed by atoms with Gasteiger partial charge in [0, 0.05) is 11.5 Å². The summed E-state index contributed by atoms with van der Waals surface area (Å²) in [5, 5.41) is 15.5. The number of rotatable bonds is 6. The van der Waals surface area contributed by atoms with E-state index in [1.165, 1.54) is 19.3 Å². The quantitative estimate of drug-likeness (QED) is 0.228. The van der Waals surface area contributed by atoms with E-state index < -0.39 is 0 Å². The van der Waals surface area contributed by atoms with Gasteiger partial charge in [-0.2, -0.15) is 0 Å². The van der Waals surface area contributed by atoms with Crippen molar-refractivity contribution in [3.63, 3.8) is 0 Å². The van der Waals surface area contributed by atoms with Gasteiger partial charge in [0.15, 0.2) is 0 Å². The lowest BCUT2D eigenvalue weighted by molar-refractivity contribution is 0.225. The highest BCUT2D eigenvalue weighted by molar-refractivity contribution is 5.85. The number of nitrogens with one attached hydrogen (secondary N) is 1. The van der Waals surface area contributed by atoms with Crippen LogP contribution in [0.4, 0.5) is 0 Å². The van der Waals surface area contributed by atoms with Crippen molar-refractivity contribution >= 4 is 5.84 Å². The van der Waals surface area contributed by atoms with Crippen molar-refractivity contribution < 1.29 is 5.21 Å². The Kier molecular flexibility index (Phi) is 6.11. The molecular weight excluding hydrogens is 238 g/mol. The monoisotopic (exact) mass is 269 g/mol. The first kappa shape index (κ1) is 16.3. The molecule has 4 heteroatoms. The molecule has 0 saturated heterocycles. The van der Waals surface area contributed by atoms with E-state index >= 15 is 0 Å². The summed E-state index contributed by atoms with van der Waals surface area (Å²) in [4.78, 5) is 0. The van der Waals surface area contributed by atoms with Gasteiger partial charge in [-0.05, 0) is 50.5 Å². The number of nitrogens with two attached hydrogens (primary N) is 1. The summed E-state index contributed by atoms with van der Waals surface area (Å²) in [7, 11) is 0. The molecule has 112 valence electrons. The highest BCUT2D eigenvalue weighted by Crippen LogP contribution is 2.29. The molecule has 3 atom stereocenters. The Hall–Kier alpha value is -0.770. The van der Waals surface area contributed by atoms with Crippen molar-refractivity contribution in [2.24, 2.45) is 28.1 Å². The van der Waals surface area contributed by atoms with Crippen LogP contribution < -0.4 is 11.1 Å². The molecule has 0 amide bonds. The Morgan fingerprint density at radius 2 is 2.00 bits per heavy atom. The van der Waals surface area contributed by atoms with Gasteiger partial charge in [-0.25, -0.2) is 0 Å². The zero-order valence-electron chi connectivity index (χ0n) is 12.9. The Morgan fingerprint density at radius 1 is 1.32 bits per heavy atom. The molecule has 3 unspecified atom stereocenters. The molecule has 1 aliphatic carbocycles. The fraction of sp³-hybridized carbons (Fsp3) is 0.933. The van der Waals surface area contributed by atoms with Crippen LogP contribution in [0.2, 0.25) is 0 Å². The summed E-state index contributed by atoms with van der Waals surface area (Å²) in [6.45, 7) is 9.78. The van der Waals surface area contributed by atoms with E-state index in [1.807, 2.05) is 13.8 Å². The lowest BCUT2D eigenvalue weighted by Crippen LogP contribution is -2.37. The molecular formula is C15H31N3O. The maximum absolute atomic E-state index is 8.73. The van der Waals surface area contributed by atoms with Gasteiger partial charge in [-0.15, -0.1) is 0 Å². The van der Waals surface area contributed by atoms with Crippen LogP contribution >= 0.6 is 0 Å². The molecule has 0 heterocycles. The van der Waals surface area contributed by atoms with Gasteiger partial charge in [0.1, 0.15) is 5.84 Å². The molecule has 1 aliphatic rings. The maximum atomic E-state index is 8.73. The SMILES string of the molecule is CC1CCC(NCCCC(C)(C)C(N)=NO)CC1C. The maximum Gasteiger partial charge on any atom is 0.144 e. The van der Waals surface area contributed by atoms with Gasteiger partial charge < -0.3 is 16.3 Å². The predicted octanol–water partition coefficient (Wildman–Crippen LogP) is 2.95. The molecule has 0 aliphatic heterocycles. The van der Waals surface area contributed by atoms with Gasteiger partial charge in [-0.3, -0.25) is 0 Å². The largest absolute Gasteiger partial charge is 0.409 e. The number of oxime groups is 1. The average molecular weight is 269 g/mol. The zero-order chi connectivity index (χ0) is 14.5. The highest BCUT2D eigenvalue weighted by atomic mass is 16.4. The fourth-order valence-corrected chi connectivity index (χ4v) is 2.83. The van der Waals surface area contributed by atoms with Gasteiger partial charge in [0.05, 0.1) is 0 Å². The van der Waals surface area contributed by atoms with E-state index in [4.69, 9.17) is 10.9 Å². The van der Waals surface area contributed by atoms with Crippen LogP contribution in [0.1, 0.15) is 59.8 Å². The third-order valence-electron chi connectivity index (χ3n) is 4.81. The summed E-state index contributed by atoms with van der Waals surface area (Å²) < 4.78 is 0. The molecule has 1 fully saturated rings. The van der Waals surface area contributed by atoms with Gasteiger partial charge in [0.25, 0.3) is 0 Å². The molecule has 0 spiro atoms. The van der Waals surface area contributed by atoms with E-state index in [0.29, 0.717) is 11.9 Å². The van der Waals surface area contributed by atoms with E-state index in [9.17, 15) is 0 Å². The predicted molar refractivity (Wildman–Crippen MR) is 80.4 cm³/mol. The lowest BCUT2D eigenvalue weighted by Gasteiger charge is -2.33. The molecule has 0 aromatic heterocycles. The summed E-state index contributed by atoms with van der Waals surface area (Å²) in [6.07, 6.45) is 5.94. The molecule has 1 saturated carbocycles. The molecule has 0 aromatic rings. The molecule has 1 rings (SSSR count). The van der Waals surface area contributed by atoms with Crippen molar-refractivity contribution in [1.82, 2.24) is 5.32 Å². The first-order chi connectivity index (χ1) is 8.86. The van der Waals surface area contributed by atoms with Crippen molar-refractivity contribution in [2.45, 2.75) is 65.8 Å².